The standard InChI is InChI=1S/C26H37FN2O9/c1-13(2)11-35-26(33)36-12-20-21(30)22(31)23(32)25(37-20)38-24-18(15(5)29(28-24)14(3)4)9-16-7-8-17(34-6)10-19(16)27/h7-8,10,13-14,20-23,25,30-32H,9,11-12H2,1-6H3/t20?,21-,22+,23-,25+/m1/s1. The molecule has 0 bridgehead atoms. The minimum atomic E-state index is -1.66. The molecule has 0 amide bonds. The second-order valence-electron chi connectivity index (χ2n) is 9.94. The molecule has 0 saturated carbocycles. The third-order valence-electron chi connectivity index (χ3n) is 6.15. The van der Waals surface area contributed by atoms with Crippen molar-refractivity contribution in [1.29, 1.82) is 0 Å². The Morgan fingerprint density at radius 3 is 2.45 bits per heavy atom. The molecule has 2 heterocycles. The van der Waals surface area contributed by atoms with Gasteiger partial charge in [-0.15, -0.1) is 5.10 Å². The van der Waals surface area contributed by atoms with Crippen LogP contribution >= 0.6 is 0 Å². The summed E-state index contributed by atoms with van der Waals surface area (Å²) >= 11 is 0. The van der Waals surface area contributed by atoms with Crippen LogP contribution < -0.4 is 9.47 Å². The van der Waals surface area contributed by atoms with Gasteiger partial charge in [-0.3, -0.25) is 4.68 Å². The number of hydrogen-bond acceptors (Lipinski definition) is 10. The number of aromatic nitrogens is 2. The van der Waals surface area contributed by atoms with Crippen molar-refractivity contribution >= 4 is 6.16 Å². The molecule has 212 valence electrons. The first-order valence-electron chi connectivity index (χ1n) is 12.5. The van der Waals surface area contributed by atoms with Crippen LogP contribution in [0.1, 0.15) is 50.6 Å². The lowest BCUT2D eigenvalue weighted by Crippen LogP contribution is -2.60. The van der Waals surface area contributed by atoms with Crippen LogP contribution in [0.25, 0.3) is 0 Å². The van der Waals surface area contributed by atoms with Crippen LogP contribution in [0.4, 0.5) is 9.18 Å². The van der Waals surface area contributed by atoms with Crippen molar-refractivity contribution in [2.24, 2.45) is 5.92 Å². The molecular weight excluding hydrogens is 503 g/mol. The summed E-state index contributed by atoms with van der Waals surface area (Å²) in [5.41, 5.74) is 1.63. The highest BCUT2D eigenvalue weighted by Gasteiger charge is 2.46. The highest BCUT2D eigenvalue weighted by Crippen LogP contribution is 2.31. The number of hydrogen-bond donors (Lipinski definition) is 3. The Balaban J connectivity index is 1.82. The Hall–Kier alpha value is -2.93. The second-order valence-corrected chi connectivity index (χ2v) is 9.94. The molecule has 12 heteroatoms. The van der Waals surface area contributed by atoms with Gasteiger partial charge in [-0.05, 0) is 38.3 Å². The van der Waals surface area contributed by atoms with E-state index in [2.05, 4.69) is 5.10 Å². The van der Waals surface area contributed by atoms with Gasteiger partial charge in [-0.2, -0.15) is 0 Å². The fraction of sp³-hybridized carbons (Fsp3) is 0.615. The average Bonchev–Trinajstić information content (AvgIpc) is 3.18. The fourth-order valence-corrected chi connectivity index (χ4v) is 4.00. The van der Waals surface area contributed by atoms with Crippen molar-refractivity contribution in [3.63, 3.8) is 0 Å². The average molecular weight is 541 g/mol. The molecular formula is C26H37FN2O9. The number of nitrogens with zero attached hydrogens (tertiary/aromatic N) is 2. The molecule has 1 aliphatic heterocycles. The Bertz CT molecular complexity index is 1090. The first-order chi connectivity index (χ1) is 17.9. The van der Waals surface area contributed by atoms with E-state index < -0.39 is 49.3 Å². The monoisotopic (exact) mass is 540 g/mol. The molecule has 0 aliphatic carbocycles. The topological polar surface area (TPSA) is 142 Å². The molecule has 1 fully saturated rings. The maximum absolute atomic E-state index is 14.7. The summed E-state index contributed by atoms with van der Waals surface area (Å²) < 4.78 is 43.0. The predicted octanol–water partition coefficient (Wildman–Crippen LogP) is 2.51. The van der Waals surface area contributed by atoms with Crippen molar-refractivity contribution in [3.8, 4) is 11.6 Å². The zero-order valence-electron chi connectivity index (χ0n) is 22.5. The van der Waals surface area contributed by atoms with Gasteiger partial charge in [-0.1, -0.05) is 19.9 Å². The number of methoxy groups -OCH3 is 1. The molecule has 0 radical (unpaired) electrons. The summed E-state index contributed by atoms with van der Waals surface area (Å²) in [4.78, 5) is 11.8. The normalized spacial score (nSPS) is 23.5. The van der Waals surface area contributed by atoms with Gasteiger partial charge in [0.05, 0.1) is 13.7 Å². The molecule has 1 unspecified atom stereocenters. The summed E-state index contributed by atoms with van der Waals surface area (Å²) in [6.45, 7) is 9.06. The van der Waals surface area contributed by atoms with E-state index in [9.17, 15) is 24.5 Å². The Morgan fingerprint density at radius 2 is 1.84 bits per heavy atom. The van der Waals surface area contributed by atoms with Crippen molar-refractivity contribution in [2.45, 2.75) is 77.8 Å². The number of aliphatic hydroxyl groups excluding tert-OH is 3. The van der Waals surface area contributed by atoms with E-state index in [4.69, 9.17) is 23.7 Å². The van der Waals surface area contributed by atoms with Crippen LogP contribution in [0.15, 0.2) is 18.2 Å². The van der Waals surface area contributed by atoms with E-state index in [1.54, 1.807) is 16.8 Å². The van der Waals surface area contributed by atoms with E-state index >= 15 is 0 Å². The van der Waals surface area contributed by atoms with Gasteiger partial charge < -0.3 is 39.0 Å². The number of ether oxygens (including phenoxy) is 5. The number of halogens is 1. The summed E-state index contributed by atoms with van der Waals surface area (Å²) in [6.07, 6.45) is -8.41. The minimum Gasteiger partial charge on any atom is -0.497 e. The van der Waals surface area contributed by atoms with Gasteiger partial charge in [0.1, 0.15) is 42.6 Å². The Labute approximate surface area is 221 Å². The molecule has 2 aromatic rings. The van der Waals surface area contributed by atoms with Gasteiger partial charge in [0.2, 0.25) is 12.2 Å². The lowest BCUT2D eigenvalue weighted by Gasteiger charge is -2.39. The zero-order chi connectivity index (χ0) is 28.1. The number of rotatable bonds is 10. The Kier molecular flexibility index (Phi) is 9.94. The Morgan fingerprint density at radius 1 is 1.13 bits per heavy atom. The van der Waals surface area contributed by atoms with Crippen molar-refractivity contribution in [2.75, 3.05) is 20.3 Å². The minimum absolute atomic E-state index is 0.0607. The molecule has 1 saturated heterocycles. The third-order valence-corrected chi connectivity index (χ3v) is 6.15. The van der Waals surface area contributed by atoms with Crippen LogP contribution in [0.2, 0.25) is 0 Å². The molecule has 3 N–H and O–H groups in total. The lowest BCUT2D eigenvalue weighted by molar-refractivity contribution is -0.278. The highest BCUT2D eigenvalue weighted by molar-refractivity contribution is 5.59. The van der Waals surface area contributed by atoms with Gasteiger partial charge in [0.15, 0.2) is 0 Å². The first-order valence-corrected chi connectivity index (χ1v) is 12.5. The van der Waals surface area contributed by atoms with Gasteiger partial charge in [-0.25, -0.2) is 9.18 Å². The van der Waals surface area contributed by atoms with E-state index in [0.29, 0.717) is 22.6 Å². The van der Waals surface area contributed by atoms with E-state index in [1.165, 1.54) is 13.2 Å². The molecule has 11 nitrogen and oxygen atoms in total. The highest BCUT2D eigenvalue weighted by atomic mass is 19.1. The number of benzene rings is 1. The van der Waals surface area contributed by atoms with Gasteiger partial charge >= 0.3 is 6.16 Å². The maximum Gasteiger partial charge on any atom is 0.508 e. The van der Waals surface area contributed by atoms with E-state index in [-0.39, 0.29) is 30.9 Å². The molecule has 1 aromatic carbocycles. The summed E-state index contributed by atoms with van der Waals surface area (Å²) in [7, 11) is 1.45. The first kappa shape index (κ1) is 29.6. The summed E-state index contributed by atoms with van der Waals surface area (Å²) in [5, 5.41) is 35.9. The van der Waals surface area contributed by atoms with Crippen LogP contribution in [-0.2, 0) is 20.6 Å². The smallest absolute Gasteiger partial charge is 0.497 e. The van der Waals surface area contributed by atoms with Crippen LogP contribution in [0.3, 0.4) is 0 Å². The van der Waals surface area contributed by atoms with Crippen LogP contribution in [-0.4, -0.2) is 82.3 Å². The molecule has 38 heavy (non-hydrogen) atoms. The van der Waals surface area contributed by atoms with Crippen molar-refractivity contribution in [1.82, 2.24) is 9.78 Å². The molecule has 0 spiro atoms. The van der Waals surface area contributed by atoms with E-state index in [1.807, 2.05) is 34.6 Å². The maximum atomic E-state index is 14.7. The molecule has 5 atom stereocenters. The largest absolute Gasteiger partial charge is 0.508 e. The van der Waals surface area contributed by atoms with E-state index in [0.717, 1.165) is 0 Å². The van der Waals surface area contributed by atoms with Crippen LogP contribution in [0, 0.1) is 18.7 Å². The number of carbonyl (C=O) groups excluding carboxylic acids is 1. The molecule has 1 aromatic heterocycles. The fourth-order valence-electron chi connectivity index (χ4n) is 4.00. The SMILES string of the molecule is COc1ccc(Cc2c(O[C@@H]3OC(COC(=O)OCC(C)C)[C@@H](O)[C@H](O)[C@H]3O)nn(C(C)C)c2C)c(F)c1. The zero-order valence-corrected chi connectivity index (χ0v) is 22.5. The predicted molar refractivity (Wildman–Crippen MR) is 133 cm³/mol. The number of carbonyl (C=O) groups is 1. The quantitative estimate of drug-likeness (QED) is 0.385. The van der Waals surface area contributed by atoms with Crippen molar-refractivity contribution < 1.29 is 48.2 Å². The third kappa shape index (κ3) is 6.93. The summed E-state index contributed by atoms with van der Waals surface area (Å²) in [5.74, 6) is 0.0737. The summed E-state index contributed by atoms with van der Waals surface area (Å²) in [6, 6.07) is 4.46. The van der Waals surface area contributed by atoms with Gasteiger partial charge in [0.25, 0.3) is 0 Å². The number of aliphatic hydroxyl groups is 3. The van der Waals surface area contributed by atoms with Crippen LogP contribution in [0.5, 0.6) is 11.6 Å². The molecule has 1 aliphatic rings. The lowest BCUT2D eigenvalue weighted by atomic mass is 9.99. The van der Waals surface area contributed by atoms with Crippen molar-refractivity contribution in [3.05, 3.63) is 40.8 Å². The van der Waals surface area contributed by atoms with Gasteiger partial charge in [0, 0.05) is 29.8 Å². The molecule has 3 rings (SSSR count). The second kappa shape index (κ2) is 12.7.